The van der Waals surface area contributed by atoms with E-state index in [0.717, 1.165) is 22.7 Å². The number of H-pyrrole nitrogens is 1. The first-order valence-corrected chi connectivity index (χ1v) is 4.98. The van der Waals surface area contributed by atoms with E-state index in [0.29, 0.717) is 5.82 Å². The monoisotopic (exact) mass is 209 g/mol. The Balaban J connectivity index is 2.02. The zero-order valence-electron chi connectivity index (χ0n) is 7.74. The Labute approximate surface area is 85.5 Å². The van der Waals surface area contributed by atoms with Gasteiger partial charge in [0.1, 0.15) is 10.8 Å². The maximum Gasteiger partial charge on any atom is 0.142 e. The number of rotatable bonds is 3. The van der Waals surface area contributed by atoms with E-state index in [2.05, 4.69) is 19.9 Å². The highest BCUT2D eigenvalue weighted by molar-refractivity contribution is 7.10. The second-order valence-corrected chi connectivity index (χ2v) is 3.76. The Morgan fingerprint density at radius 3 is 3.07 bits per heavy atom. The Morgan fingerprint density at radius 1 is 1.64 bits per heavy atom. The highest BCUT2D eigenvalue weighted by Gasteiger charge is 2.05. The number of hydrogen-bond acceptors (Lipinski definition) is 5. The first kappa shape index (κ1) is 9.01. The minimum atomic E-state index is 0.602. The standard InChI is InChI=1S/C8H11N5S/c1-5-7(9)13-14-8(5)10-2-6-3-11-12-4-6/h3-4,10H,2H2,1H3,(H2,9,13)(H,11,12). The SMILES string of the molecule is Cc1c(N)nsc1NCc1cn[nH]c1. The van der Waals surface area contributed by atoms with Crippen molar-refractivity contribution in [3.63, 3.8) is 0 Å². The number of aromatic nitrogens is 3. The third-order valence-corrected chi connectivity index (χ3v) is 2.89. The minimum absolute atomic E-state index is 0.602. The number of nitrogens with zero attached hydrogens (tertiary/aromatic N) is 2. The first-order valence-electron chi connectivity index (χ1n) is 4.20. The maximum absolute atomic E-state index is 5.63. The van der Waals surface area contributed by atoms with E-state index < -0.39 is 0 Å². The maximum atomic E-state index is 5.63. The molecule has 2 rings (SSSR count). The number of anilines is 2. The molecule has 14 heavy (non-hydrogen) atoms. The third-order valence-electron chi connectivity index (χ3n) is 1.97. The van der Waals surface area contributed by atoms with E-state index in [1.807, 2.05) is 13.1 Å². The molecular formula is C8H11N5S. The highest BCUT2D eigenvalue weighted by atomic mass is 32.1. The zero-order valence-corrected chi connectivity index (χ0v) is 8.56. The molecule has 0 aliphatic carbocycles. The van der Waals surface area contributed by atoms with Gasteiger partial charge in [0.25, 0.3) is 0 Å². The molecule has 6 heteroatoms. The van der Waals surface area contributed by atoms with Crippen molar-refractivity contribution in [3.8, 4) is 0 Å². The van der Waals surface area contributed by atoms with Crippen LogP contribution in [0.4, 0.5) is 10.8 Å². The summed E-state index contributed by atoms with van der Waals surface area (Å²) in [6, 6.07) is 0. The average molecular weight is 209 g/mol. The average Bonchev–Trinajstić information content (AvgIpc) is 2.77. The van der Waals surface area contributed by atoms with Crippen LogP contribution in [0.5, 0.6) is 0 Å². The Hall–Kier alpha value is -1.56. The topological polar surface area (TPSA) is 79.6 Å². The van der Waals surface area contributed by atoms with E-state index in [-0.39, 0.29) is 0 Å². The van der Waals surface area contributed by atoms with Crippen molar-refractivity contribution < 1.29 is 0 Å². The van der Waals surface area contributed by atoms with Crippen LogP contribution in [0.15, 0.2) is 12.4 Å². The van der Waals surface area contributed by atoms with Crippen LogP contribution in [0.25, 0.3) is 0 Å². The normalized spacial score (nSPS) is 10.4. The van der Waals surface area contributed by atoms with Gasteiger partial charge in [-0.25, -0.2) is 0 Å². The molecule has 0 saturated carbocycles. The van der Waals surface area contributed by atoms with Crippen LogP contribution in [0, 0.1) is 6.92 Å². The summed E-state index contributed by atoms with van der Waals surface area (Å²) < 4.78 is 4.05. The van der Waals surface area contributed by atoms with E-state index in [4.69, 9.17) is 5.73 Å². The lowest BCUT2D eigenvalue weighted by molar-refractivity contribution is 1.09. The highest BCUT2D eigenvalue weighted by Crippen LogP contribution is 2.25. The summed E-state index contributed by atoms with van der Waals surface area (Å²) in [5.74, 6) is 0.602. The summed E-state index contributed by atoms with van der Waals surface area (Å²) in [6.07, 6.45) is 3.64. The molecule has 74 valence electrons. The van der Waals surface area contributed by atoms with Crippen molar-refractivity contribution in [1.82, 2.24) is 14.6 Å². The van der Waals surface area contributed by atoms with E-state index >= 15 is 0 Å². The molecular weight excluding hydrogens is 198 g/mol. The summed E-state index contributed by atoms with van der Waals surface area (Å²) in [4.78, 5) is 0. The molecule has 0 bridgehead atoms. The fraction of sp³-hybridized carbons (Fsp3) is 0.250. The van der Waals surface area contributed by atoms with Crippen LogP contribution >= 0.6 is 11.5 Å². The van der Waals surface area contributed by atoms with Gasteiger partial charge >= 0.3 is 0 Å². The minimum Gasteiger partial charge on any atom is -0.383 e. The van der Waals surface area contributed by atoms with Crippen LogP contribution in [-0.4, -0.2) is 14.6 Å². The molecule has 0 spiro atoms. The lowest BCUT2D eigenvalue weighted by Gasteiger charge is -2.01. The molecule has 5 nitrogen and oxygen atoms in total. The van der Waals surface area contributed by atoms with Gasteiger partial charge in [0, 0.05) is 23.9 Å². The lowest BCUT2D eigenvalue weighted by Crippen LogP contribution is -1.97. The summed E-state index contributed by atoms with van der Waals surface area (Å²) in [7, 11) is 0. The Kier molecular flexibility index (Phi) is 2.36. The molecule has 0 fully saturated rings. The van der Waals surface area contributed by atoms with Crippen LogP contribution in [0.3, 0.4) is 0 Å². The quantitative estimate of drug-likeness (QED) is 0.713. The number of nitrogens with one attached hydrogen (secondary N) is 2. The second kappa shape index (κ2) is 3.67. The molecule has 0 aliphatic rings. The third kappa shape index (κ3) is 1.69. The fourth-order valence-corrected chi connectivity index (χ4v) is 1.77. The van der Waals surface area contributed by atoms with Crippen LogP contribution in [0.1, 0.15) is 11.1 Å². The van der Waals surface area contributed by atoms with Gasteiger partial charge in [-0.15, -0.1) is 0 Å². The molecule has 2 heterocycles. The molecule has 2 aromatic rings. The van der Waals surface area contributed by atoms with Gasteiger partial charge in [-0.1, -0.05) is 0 Å². The van der Waals surface area contributed by atoms with Crippen molar-refractivity contribution in [3.05, 3.63) is 23.5 Å². The number of nitrogens with two attached hydrogens (primary N) is 1. The number of nitrogen functional groups attached to an aromatic ring is 1. The van der Waals surface area contributed by atoms with Crippen LogP contribution in [-0.2, 0) is 6.54 Å². The fourth-order valence-electron chi connectivity index (χ4n) is 1.07. The largest absolute Gasteiger partial charge is 0.383 e. The van der Waals surface area contributed by atoms with Gasteiger partial charge in [0.2, 0.25) is 0 Å². The smallest absolute Gasteiger partial charge is 0.142 e. The van der Waals surface area contributed by atoms with Crippen molar-refractivity contribution in [2.75, 3.05) is 11.1 Å². The van der Waals surface area contributed by atoms with Crippen molar-refractivity contribution >= 4 is 22.4 Å². The summed E-state index contributed by atoms with van der Waals surface area (Å²) in [5.41, 5.74) is 7.75. The van der Waals surface area contributed by atoms with E-state index in [1.54, 1.807) is 6.20 Å². The molecule has 0 unspecified atom stereocenters. The van der Waals surface area contributed by atoms with Crippen LogP contribution in [0.2, 0.25) is 0 Å². The summed E-state index contributed by atoms with van der Waals surface area (Å²) in [5, 5.41) is 10.9. The molecule has 2 aromatic heterocycles. The molecule has 0 aromatic carbocycles. The van der Waals surface area contributed by atoms with Crippen LogP contribution < -0.4 is 11.1 Å². The van der Waals surface area contributed by atoms with Gasteiger partial charge in [0.05, 0.1) is 6.20 Å². The van der Waals surface area contributed by atoms with Gasteiger partial charge in [-0.3, -0.25) is 5.10 Å². The molecule has 0 aliphatic heterocycles. The number of aromatic amines is 1. The summed E-state index contributed by atoms with van der Waals surface area (Å²) in [6.45, 7) is 2.69. The molecule has 0 atom stereocenters. The van der Waals surface area contributed by atoms with Gasteiger partial charge in [-0.05, 0) is 18.5 Å². The molecule has 4 N–H and O–H groups in total. The van der Waals surface area contributed by atoms with E-state index in [9.17, 15) is 0 Å². The van der Waals surface area contributed by atoms with Crippen molar-refractivity contribution in [2.24, 2.45) is 0 Å². The Morgan fingerprint density at radius 2 is 2.50 bits per heavy atom. The predicted octanol–water partition coefficient (Wildman–Crippen LogP) is 1.37. The van der Waals surface area contributed by atoms with Crippen molar-refractivity contribution in [2.45, 2.75) is 13.5 Å². The predicted molar refractivity (Wildman–Crippen MR) is 57.2 cm³/mol. The number of hydrogen-bond donors (Lipinski definition) is 3. The molecule has 0 radical (unpaired) electrons. The van der Waals surface area contributed by atoms with Gasteiger partial charge in [-0.2, -0.15) is 9.47 Å². The lowest BCUT2D eigenvalue weighted by atomic mass is 10.3. The van der Waals surface area contributed by atoms with Gasteiger partial charge in [0.15, 0.2) is 0 Å². The first-order chi connectivity index (χ1) is 6.77. The van der Waals surface area contributed by atoms with Crippen molar-refractivity contribution in [1.29, 1.82) is 0 Å². The van der Waals surface area contributed by atoms with Gasteiger partial charge < -0.3 is 11.1 Å². The van der Waals surface area contributed by atoms with E-state index in [1.165, 1.54) is 11.5 Å². The Bertz CT molecular complexity index is 405. The molecule has 0 amide bonds. The zero-order chi connectivity index (χ0) is 9.97. The second-order valence-electron chi connectivity index (χ2n) is 2.98. The molecule has 0 saturated heterocycles. The summed E-state index contributed by atoms with van der Waals surface area (Å²) >= 11 is 1.38.